The van der Waals surface area contributed by atoms with Crippen LogP contribution in [0.5, 0.6) is 0 Å². The summed E-state index contributed by atoms with van der Waals surface area (Å²) in [6.45, 7) is 5.18. The van der Waals surface area contributed by atoms with E-state index in [0.717, 1.165) is 0 Å². The van der Waals surface area contributed by atoms with Crippen molar-refractivity contribution in [3.05, 3.63) is 24.3 Å². The van der Waals surface area contributed by atoms with Gasteiger partial charge in [-0.1, -0.05) is 0 Å². The lowest BCUT2D eigenvalue weighted by Gasteiger charge is -2.11. The van der Waals surface area contributed by atoms with Gasteiger partial charge in [0.2, 0.25) is 5.91 Å². The lowest BCUT2D eigenvalue weighted by molar-refractivity contribution is -0.115. The van der Waals surface area contributed by atoms with Crippen LogP contribution in [0.3, 0.4) is 0 Å². The van der Waals surface area contributed by atoms with Gasteiger partial charge in [-0.2, -0.15) is 0 Å². The monoisotopic (exact) mass is 308 g/mol. The number of hydrogen-bond acceptors (Lipinski definition) is 4. The molecule has 0 saturated carbocycles. The van der Waals surface area contributed by atoms with Gasteiger partial charge in [-0.3, -0.25) is 4.79 Å². The van der Waals surface area contributed by atoms with Gasteiger partial charge in [0, 0.05) is 31.1 Å². The maximum atomic E-state index is 11.7. The molecule has 0 fully saturated rings. The SMILES string of the molecule is COCCNCC(=O)Nc1ccc(NC(=O)NC(C)C)cc1. The van der Waals surface area contributed by atoms with Crippen molar-refractivity contribution in [2.24, 2.45) is 0 Å². The van der Waals surface area contributed by atoms with Crippen molar-refractivity contribution in [2.45, 2.75) is 19.9 Å². The Hall–Kier alpha value is -2.12. The molecule has 7 nitrogen and oxygen atoms in total. The number of amides is 3. The quantitative estimate of drug-likeness (QED) is 0.546. The number of rotatable bonds is 8. The minimum absolute atomic E-state index is 0.0733. The fourth-order valence-electron chi connectivity index (χ4n) is 1.65. The fourth-order valence-corrected chi connectivity index (χ4v) is 1.65. The van der Waals surface area contributed by atoms with E-state index in [1.165, 1.54) is 0 Å². The molecule has 4 N–H and O–H groups in total. The van der Waals surface area contributed by atoms with Crippen molar-refractivity contribution in [3.63, 3.8) is 0 Å². The summed E-state index contributed by atoms with van der Waals surface area (Å²) in [5, 5.41) is 11.2. The minimum atomic E-state index is -0.255. The summed E-state index contributed by atoms with van der Waals surface area (Å²) in [4.78, 5) is 23.2. The first-order valence-corrected chi connectivity index (χ1v) is 7.18. The van der Waals surface area contributed by atoms with Gasteiger partial charge >= 0.3 is 6.03 Å². The first-order chi connectivity index (χ1) is 10.5. The second kappa shape index (κ2) is 9.75. The number of hydrogen-bond donors (Lipinski definition) is 4. The molecule has 1 aromatic carbocycles. The van der Waals surface area contributed by atoms with Gasteiger partial charge in [0.1, 0.15) is 0 Å². The Morgan fingerprint density at radius 1 is 1.09 bits per heavy atom. The molecule has 0 saturated heterocycles. The third kappa shape index (κ3) is 7.61. The number of nitrogens with one attached hydrogen (secondary N) is 4. The van der Waals surface area contributed by atoms with Crippen LogP contribution in [0.1, 0.15) is 13.8 Å². The number of ether oxygens (including phenoxy) is 1. The third-order valence-corrected chi connectivity index (χ3v) is 2.61. The Balaban J connectivity index is 2.38. The van der Waals surface area contributed by atoms with Gasteiger partial charge in [-0.25, -0.2) is 4.79 Å². The van der Waals surface area contributed by atoms with Crippen molar-refractivity contribution in [3.8, 4) is 0 Å². The summed E-state index contributed by atoms with van der Waals surface area (Å²) in [5.41, 5.74) is 1.34. The van der Waals surface area contributed by atoms with E-state index in [0.29, 0.717) is 24.5 Å². The van der Waals surface area contributed by atoms with Gasteiger partial charge in [0.05, 0.1) is 13.2 Å². The van der Waals surface area contributed by atoms with Crippen LogP contribution in [0, 0.1) is 0 Å². The van der Waals surface area contributed by atoms with Crippen molar-refractivity contribution >= 4 is 23.3 Å². The minimum Gasteiger partial charge on any atom is -0.383 e. The second-order valence-electron chi connectivity index (χ2n) is 5.05. The number of urea groups is 1. The van der Waals surface area contributed by atoms with Crippen LogP contribution >= 0.6 is 0 Å². The van der Waals surface area contributed by atoms with Crippen LogP contribution in [0.4, 0.5) is 16.2 Å². The number of anilines is 2. The Morgan fingerprint density at radius 2 is 1.68 bits per heavy atom. The first-order valence-electron chi connectivity index (χ1n) is 7.18. The predicted octanol–water partition coefficient (Wildman–Crippen LogP) is 1.39. The van der Waals surface area contributed by atoms with Crippen molar-refractivity contribution in [1.29, 1.82) is 0 Å². The average Bonchev–Trinajstić information content (AvgIpc) is 2.45. The molecule has 7 heteroatoms. The smallest absolute Gasteiger partial charge is 0.319 e. The molecule has 0 aliphatic carbocycles. The van der Waals surface area contributed by atoms with Crippen LogP contribution in [0.25, 0.3) is 0 Å². The molecule has 22 heavy (non-hydrogen) atoms. The number of carbonyl (C=O) groups is 2. The van der Waals surface area contributed by atoms with Gasteiger partial charge in [0.25, 0.3) is 0 Å². The van der Waals surface area contributed by atoms with E-state index >= 15 is 0 Å². The zero-order valence-corrected chi connectivity index (χ0v) is 13.2. The number of carbonyl (C=O) groups excluding carboxylic acids is 2. The molecule has 1 aromatic rings. The maximum Gasteiger partial charge on any atom is 0.319 e. The summed E-state index contributed by atoms with van der Waals surface area (Å²) in [7, 11) is 1.61. The zero-order valence-electron chi connectivity index (χ0n) is 13.2. The Labute approximate surface area is 130 Å². The van der Waals surface area contributed by atoms with Crippen LogP contribution in [0.2, 0.25) is 0 Å². The van der Waals surface area contributed by atoms with E-state index in [1.807, 2.05) is 13.8 Å². The van der Waals surface area contributed by atoms with Crippen LogP contribution < -0.4 is 21.3 Å². The molecule has 122 valence electrons. The molecule has 0 radical (unpaired) electrons. The molecule has 0 atom stereocenters. The summed E-state index contributed by atoms with van der Waals surface area (Å²) in [6.07, 6.45) is 0. The van der Waals surface area contributed by atoms with Gasteiger partial charge < -0.3 is 26.0 Å². The number of benzene rings is 1. The molecule has 0 aliphatic rings. The topological polar surface area (TPSA) is 91.5 Å². The molecule has 0 heterocycles. The lowest BCUT2D eigenvalue weighted by atomic mass is 10.2. The van der Waals surface area contributed by atoms with Crippen LogP contribution in [-0.2, 0) is 9.53 Å². The van der Waals surface area contributed by atoms with Crippen LogP contribution in [-0.4, -0.2) is 44.8 Å². The van der Waals surface area contributed by atoms with E-state index in [2.05, 4.69) is 21.3 Å². The fraction of sp³-hybridized carbons (Fsp3) is 0.467. The molecular formula is C15H24N4O3. The highest BCUT2D eigenvalue weighted by atomic mass is 16.5. The van der Waals surface area contributed by atoms with Crippen molar-refractivity contribution in [2.75, 3.05) is 37.4 Å². The Morgan fingerprint density at radius 3 is 2.23 bits per heavy atom. The highest BCUT2D eigenvalue weighted by molar-refractivity contribution is 5.93. The van der Waals surface area contributed by atoms with E-state index in [-0.39, 0.29) is 24.5 Å². The van der Waals surface area contributed by atoms with E-state index in [9.17, 15) is 9.59 Å². The third-order valence-electron chi connectivity index (χ3n) is 2.61. The highest BCUT2D eigenvalue weighted by Crippen LogP contribution is 2.13. The Kier molecular flexibility index (Phi) is 7.95. The predicted molar refractivity (Wildman–Crippen MR) is 87.1 cm³/mol. The zero-order chi connectivity index (χ0) is 16.4. The summed E-state index contributed by atoms with van der Waals surface area (Å²) >= 11 is 0. The number of methoxy groups -OCH3 is 1. The van der Waals surface area contributed by atoms with E-state index < -0.39 is 0 Å². The average molecular weight is 308 g/mol. The molecule has 0 aliphatic heterocycles. The first kappa shape index (κ1) is 17.9. The van der Waals surface area contributed by atoms with Crippen molar-refractivity contribution in [1.82, 2.24) is 10.6 Å². The highest BCUT2D eigenvalue weighted by Gasteiger charge is 2.04. The van der Waals surface area contributed by atoms with Crippen molar-refractivity contribution < 1.29 is 14.3 Å². The molecule has 0 aromatic heterocycles. The Bertz CT molecular complexity index is 474. The second-order valence-corrected chi connectivity index (χ2v) is 5.05. The molecule has 1 rings (SSSR count). The molecule has 0 unspecified atom stereocenters. The van der Waals surface area contributed by atoms with E-state index in [4.69, 9.17) is 4.74 Å². The summed E-state index contributed by atoms with van der Waals surface area (Å²) < 4.78 is 4.88. The normalized spacial score (nSPS) is 10.4. The molecule has 0 bridgehead atoms. The standard InChI is InChI=1S/C15H24N4O3/c1-11(2)17-15(21)19-13-6-4-12(5-7-13)18-14(20)10-16-8-9-22-3/h4-7,11,16H,8-10H2,1-3H3,(H,18,20)(H2,17,19,21). The maximum absolute atomic E-state index is 11.7. The van der Waals surface area contributed by atoms with Crippen LogP contribution in [0.15, 0.2) is 24.3 Å². The molecule has 0 spiro atoms. The van der Waals surface area contributed by atoms with Gasteiger partial charge in [0.15, 0.2) is 0 Å². The lowest BCUT2D eigenvalue weighted by Crippen LogP contribution is -2.34. The largest absolute Gasteiger partial charge is 0.383 e. The van der Waals surface area contributed by atoms with E-state index in [1.54, 1.807) is 31.4 Å². The van der Waals surface area contributed by atoms with Gasteiger partial charge in [-0.15, -0.1) is 0 Å². The van der Waals surface area contributed by atoms with Gasteiger partial charge in [-0.05, 0) is 38.1 Å². The summed E-state index contributed by atoms with van der Waals surface area (Å²) in [6, 6.07) is 6.75. The summed E-state index contributed by atoms with van der Waals surface area (Å²) in [5.74, 6) is -0.130. The molecular weight excluding hydrogens is 284 g/mol. The molecule has 3 amide bonds.